The van der Waals surface area contributed by atoms with Crippen molar-refractivity contribution in [2.24, 2.45) is 39.9 Å². The van der Waals surface area contributed by atoms with Gasteiger partial charge in [0.15, 0.2) is 0 Å². The van der Waals surface area contributed by atoms with Crippen LogP contribution >= 0.6 is 0 Å². The largest absolute Gasteiger partial charge is 0.376 e. The van der Waals surface area contributed by atoms with Crippen LogP contribution < -0.4 is 0 Å². The normalized spacial score (nSPS) is 42.3. The molecule has 1 aliphatic heterocycles. The second-order valence-electron chi connectivity index (χ2n) is 16.5. The Balaban J connectivity index is 1.05. The minimum Gasteiger partial charge on any atom is -0.376 e. The first-order valence-electron chi connectivity index (χ1n) is 16.8. The van der Waals surface area contributed by atoms with Crippen LogP contribution in [0.4, 0.5) is 0 Å². The van der Waals surface area contributed by atoms with Crippen LogP contribution in [-0.2, 0) is 4.74 Å². The molecule has 2 heterocycles. The van der Waals surface area contributed by atoms with E-state index in [1.165, 1.54) is 75.0 Å². The topological polar surface area (TPSA) is 25.4 Å². The van der Waals surface area contributed by atoms with Crippen LogP contribution in [-0.4, -0.2) is 41.7 Å². The Hall–Kier alpha value is -1.45. The first-order valence-corrected chi connectivity index (χ1v) is 16.8. The zero-order valence-corrected chi connectivity index (χ0v) is 26.0. The Bertz CT molecular complexity index is 1220. The summed E-state index contributed by atoms with van der Waals surface area (Å²) in [5, 5.41) is 2.64. The van der Waals surface area contributed by atoms with Gasteiger partial charge in [0, 0.05) is 36.9 Å². The molecule has 0 amide bonds. The van der Waals surface area contributed by atoms with Gasteiger partial charge in [0.2, 0.25) is 0 Å². The Morgan fingerprint density at radius 1 is 0.925 bits per heavy atom. The molecule has 9 atom stereocenters. The fraction of sp³-hybridized carbons (Fsp3) is 0.757. The van der Waals surface area contributed by atoms with Gasteiger partial charge in [-0.25, -0.2) is 0 Å². The lowest BCUT2D eigenvalue weighted by molar-refractivity contribution is -0.127. The molecule has 4 saturated carbocycles. The third kappa shape index (κ3) is 4.66. The summed E-state index contributed by atoms with van der Waals surface area (Å²) in [6.07, 6.45) is 18.6. The summed E-state index contributed by atoms with van der Waals surface area (Å²) < 4.78 is 6.24. The van der Waals surface area contributed by atoms with Crippen LogP contribution in [0, 0.1) is 39.9 Å². The molecule has 40 heavy (non-hydrogen) atoms. The fourth-order valence-corrected chi connectivity index (χ4v) is 11.3. The van der Waals surface area contributed by atoms with E-state index in [1.807, 2.05) is 6.20 Å². The standard InChI is InChI=1S/C37H54N2O/c1-35(2,3)22-30-24-39(18-19-40-30)29-12-15-36(4)28(21-29)8-9-31-33-11-10-32(37(33,5)16-13-34(31)36)26-7-6-25-14-17-38-23-27(25)20-26/h6-7,14,17,20,23,28-34H,8-13,15-16,18-19,21-22,24H2,1-5H3/t28-,29-,30?,31-,32+,33-,34-,36-,37+/m0/s1. The maximum Gasteiger partial charge on any atom is 0.0707 e. The Labute approximate surface area is 243 Å². The number of hydrogen-bond acceptors (Lipinski definition) is 3. The summed E-state index contributed by atoms with van der Waals surface area (Å²) in [7, 11) is 0. The highest BCUT2D eigenvalue weighted by Crippen LogP contribution is 2.69. The zero-order chi connectivity index (χ0) is 27.7. The minimum absolute atomic E-state index is 0.345. The highest BCUT2D eigenvalue weighted by molar-refractivity contribution is 5.82. The number of morpholine rings is 1. The fourth-order valence-electron chi connectivity index (χ4n) is 11.3. The molecule has 0 N–H and O–H groups in total. The van der Waals surface area contributed by atoms with Gasteiger partial charge in [-0.3, -0.25) is 9.88 Å². The number of aromatic nitrogens is 1. The smallest absolute Gasteiger partial charge is 0.0707 e. The predicted molar refractivity (Wildman–Crippen MR) is 165 cm³/mol. The summed E-state index contributed by atoms with van der Waals surface area (Å²) in [5.41, 5.74) is 2.95. The highest BCUT2D eigenvalue weighted by atomic mass is 16.5. The van der Waals surface area contributed by atoms with Gasteiger partial charge in [-0.05, 0) is 133 Å². The third-order valence-corrected chi connectivity index (χ3v) is 13.2. The summed E-state index contributed by atoms with van der Waals surface area (Å²) in [6, 6.07) is 10.2. The molecule has 1 unspecified atom stereocenters. The average molecular weight is 543 g/mol. The molecule has 0 bridgehead atoms. The van der Waals surface area contributed by atoms with Crippen LogP contribution in [0.1, 0.15) is 110 Å². The van der Waals surface area contributed by atoms with E-state index in [0.29, 0.717) is 28.3 Å². The van der Waals surface area contributed by atoms with Gasteiger partial charge in [-0.15, -0.1) is 0 Å². The second-order valence-corrected chi connectivity index (χ2v) is 16.5. The Morgan fingerprint density at radius 2 is 1.75 bits per heavy atom. The van der Waals surface area contributed by atoms with Crippen molar-refractivity contribution in [2.75, 3.05) is 19.7 Å². The van der Waals surface area contributed by atoms with Crippen molar-refractivity contribution in [3.05, 3.63) is 42.2 Å². The number of rotatable bonds is 3. The van der Waals surface area contributed by atoms with Gasteiger partial charge in [-0.2, -0.15) is 0 Å². The van der Waals surface area contributed by atoms with Gasteiger partial charge in [0.05, 0.1) is 12.7 Å². The van der Waals surface area contributed by atoms with Crippen molar-refractivity contribution in [2.45, 2.75) is 117 Å². The molecule has 1 aromatic carbocycles. The van der Waals surface area contributed by atoms with Crippen molar-refractivity contribution in [3.63, 3.8) is 0 Å². The highest BCUT2D eigenvalue weighted by Gasteiger charge is 2.60. The van der Waals surface area contributed by atoms with Crippen molar-refractivity contribution in [1.82, 2.24) is 9.88 Å². The molecule has 1 aromatic heterocycles. The predicted octanol–water partition coefficient (Wildman–Crippen LogP) is 8.87. The number of nitrogens with zero attached hydrogens (tertiary/aromatic N) is 2. The van der Waals surface area contributed by atoms with E-state index in [4.69, 9.17) is 4.74 Å². The van der Waals surface area contributed by atoms with E-state index in [0.717, 1.165) is 49.4 Å². The summed E-state index contributed by atoms with van der Waals surface area (Å²) in [6.45, 7) is 15.8. The lowest BCUT2D eigenvalue weighted by Gasteiger charge is -2.62. The van der Waals surface area contributed by atoms with Crippen LogP contribution in [0.3, 0.4) is 0 Å². The quantitative estimate of drug-likeness (QED) is 0.387. The molecule has 5 aliphatic rings. The van der Waals surface area contributed by atoms with Gasteiger partial charge in [0.1, 0.15) is 0 Å². The molecule has 3 nitrogen and oxygen atoms in total. The zero-order valence-electron chi connectivity index (χ0n) is 26.0. The summed E-state index contributed by atoms with van der Waals surface area (Å²) in [4.78, 5) is 7.27. The molecule has 0 spiro atoms. The lowest BCUT2D eigenvalue weighted by Crippen LogP contribution is -2.57. The van der Waals surface area contributed by atoms with Crippen LogP contribution in [0.5, 0.6) is 0 Å². The van der Waals surface area contributed by atoms with Crippen molar-refractivity contribution in [3.8, 4) is 0 Å². The number of ether oxygens (including phenoxy) is 1. The van der Waals surface area contributed by atoms with Gasteiger partial charge in [0.25, 0.3) is 0 Å². The van der Waals surface area contributed by atoms with Gasteiger partial charge < -0.3 is 4.74 Å². The van der Waals surface area contributed by atoms with E-state index < -0.39 is 0 Å². The van der Waals surface area contributed by atoms with E-state index in [1.54, 1.807) is 5.56 Å². The second kappa shape index (κ2) is 10.1. The number of benzene rings is 1. The van der Waals surface area contributed by atoms with E-state index in [-0.39, 0.29) is 0 Å². The summed E-state index contributed by atoms with van der Waals surface area (Å²) >= 11 is 0. The van der Waals surface area contributed by atoms with Gasteiger partial charge in [-0.1, -0.05) is 46.8 Å². The monoisotopic (exact) mass is 542 g/mol. The van der Waals surface area contributed by atoms with Crippen LogP contribution in [0.15, 0.2) is 36.7 Å². The summed E-state index contributed by atoms with van der Waals surface area (Å²) in [5.74, 6) is 4.44. The third-order valence-electron chi connectivity index (χ3n) is 13.2. The molecule has 4 aliphatic carbocycles. The molecular formula is C37H54N2O. The first-order chi connectivity index (χ1) is 19.1. The Morgan fingerprint density at radius 3 is 2.60 bits per heavy atom. The van der Waals surface area contributed by atoms with Crippen molar-refractivity contribution < 1.29 is 4.74 Å². The molecule has 218 valence electrons. The van der Waals surface area contributed by atoms with Crippen molar-refractivity contribution >= 4 is 10.8 Å². The van der Waals surface area contributed by atoms with Crippen molar-refractivity contribution in [1.29, 1.82) is 0 Å². The van der Waals surface area contributed by atoms with E-state index >= 15 is 0 Å². The van der Waals surface area contributed by atoms with Crippen LogP contribution in [0.2, 0.25) is 0 Å². The molecular weight excluding hydrogens is 488 g/mol. The number of pyridine rings is 1. The average Bonchev–Trinajstić information content (AvgIpc) is 3.29. The van der Waals surface area contributed by atoms with E-state index in [2.05, 4.69) is 75.0 Å². The number of fused-ring (bicyclic) bond motifs is 6. The molecule has 7 rings (SSSR count). The molecule has 0 radical (unpaired) electrons. The molecule has 5 fully saturated rings. The van der Waals surface area contributed by atoms with Crippen LogP contribution in [0.25, 0.3) is 10.8 Å². The SMILES string of the molecule is CC(C)(C)CC1CN([C@H]2CC[C@@]3(C)[C@@H](CC[C@@H]4[C@@H]3CC[C@]3(C)[C@@H](c5ccc6ccncc6c5)CC[C@@H]43)C2)CCO1. The van der Waals surface area contributed by atoms with Gasteiger partial charge >= 0.3 is 0 Å². The molecule has 2 aromatic rings. The lowest BCUT2D eigenvalue weighted by atomic mass is 9.44. The molecule has 1 saturated heterocycles. The first kappa shape index (κ1) is 27.4. The van der Waals surface area contributed by atoms with E-state index in [9.17, 15) is 0 Å². The maximum atomic E-state index is 6.24. The number of hydrogen-bond donors (Lipinski definition) is 0. The Kier molecular flexibility index (Phi) is 6.90. The maximum absolute atomic E-state index is 6.24. The minimum atomic E-state index is 0.345. The molecule has 3 heteroatoms.